The Bertz CT molecular complexity index is 629. The lowest BCUT2D eigenvalue weighted by Crippen LogP contribution is -2.33. The second kappa shape index (κ2) is 8.34. The Labute approximate surface area is 136 Å². The zero-order chi connectivity index (χ0) is 16.7. The Morgan fingerprint density at radius 1 is 1.30 bits per heavy atom. The summed E-state index contributed by atoms with van der Waals surface area (Å²) < 4.78 is 5.15. The SMILES string of the molecule is Cc1ccc(/C=C/CC(=O)NC(C)CC(O)c2ccco2)cc1. The van der Waals surface area contributed by atoms with Gasteiger partial charge in [0.1, 0.15) is 11.9 Å². The first-order valence-corrected chi connectivity index (χ1v) is 7.78. The van der Waals surface area contributed by atoms with Crippen LogP contribution < -0.4 is 5.32 Å². The Morgan fingerprint density at radius 2 is 2.04 bits per heavy atom. The molecule has 1 aromatic carbocycles. The van der Waals surface area contributed by atoms with Gasteiger partial charge in [-0.15, -0.1) is 0 Å². The van der Waals surface area contributed by atoms with Crippen molar-refractivity contribution in [2.75, 3.05) is 0 Å². The lowest BCUT2D eigenvalue weighted by Gasteiger charge is -2.16. The minimum Gasteiger partial charge on any atom is -0.467 e. The molecule has 2 N–H and O–H groups in total. The van der Waals surface area contributed by atoms with Gasteiger partial charge in [0.25, 0.3) is 0 Å². The standard InChI is InChI=1S/C19H23NO3/c1-14-8-10-16(11-9-14)5-3-7-19(22)20-15(2)13-17(21)18-6-4-12-23-18/h3-6,8-12,15,17,21H,7,13H2,1-2H3,(H,20,22)/b5-3+. The van der Waals surface area contributed by atoms with E-state index in [1.54, 1.807) is 12.1 Å². The molecule has 4 heteroatoms. The third-order valence-corrected chi connectivity index (χ3v) is 3.55. The molecule has 0 aliphatic rings. The molecule has 1 aromatic heterocycles. The Morgan fingerprint density at radius 3 is 2.70 bits per heavy atom. The maximum atomic E-state index is 11.9. The molecule has 2 aromatic rings. The summed E-state index contributed by atoms with van der Waals surface area (Å²) in [5.41, 5.74) is 2.29. The number of rotatable bonds is 7. The second-order valence-corrected chi connectivity index (χ2v) is 5.75. The van der Waals surface area contributed by atoms with Crippen LogP contribution in [-0.2, 0) is 4.79 Å². The van der Waals surface area contributed by atoms with Gasteiger partial charge in [-0.1, -0.05) is 42.0 Å². The van der Waals surface area contributed by atoms with Crippen LogP contribution in [0.25, 0.3) is 6.08 Å². The van der Waals surface area contributed by atoms with Crippen LogP contribution in [0.4, 0.5) is 0 Å². The van der Waals surface area contributed by atoms with Gasteiger partial charge in [-0.2, -0.15) is 0 Å². The van der Waals surface area contributed by atoms with Crippen molar-refractivity contribution in [3.8, 4) is 0 Å². The molecule has 1 heterocycles. The molecule has 0 bridgehead atoms. The summed E-state index contributed by atoms with van der Waals surface area (Å²) in [6.07, 6.45) is 5.33. The summed E-state index contributed by atoms with van der Waals surface area (Å²) in [4.78, 5) is 11.9. The van der Waals surface area contributed by atoms with Crippen LogP contribution in [0.3, 0.4) is 0 Å². The number of benzene rings is 1. The van der Waals surface area contributed by atoms with Gasteiger partial charge in [0.2, 0.25) is 5.91 Å². The fourth-order valence-electron chi connectivity index (χ4n) is 2.30. The van der Waals surface area contributed by atoms with Crippen molar-refractivity contribution in [3.05, 3.63) is 65.6 Å². The van der Waals surface area contributed by atoms with Crippen molar-refractivity contribution in [1.82, 2.24) is 5.32 Å². The lowest BCUT2D eigenvalue weighted by molar-refractivity contribution is -0.121. The molecule has 122 valence electrons. The largest absolute Gasteiger partial charge is 0.467 e. The summed E-state index contributed by atoms with van der Waals surface area (Å²) in [5, 5.41) is 12.9. The number of carbonyl (C=O) groups is 1. The van der Waals surface area contributed by atoms with Crippen LogP contribution in [-0.4, -0.2) is 17.1 Å². The predicted molar refractivity (Wildman–Crippen MR) is 90.7 cm³/mol. The molecule has 4 nitrogen and oxygen atoms in total. The third-order valence-electron chi connectivity index (χ3n) is 3.55. The van der Waals surface area contributed by atoms with E-state index in [9.17, 15) is 9.90 Å². The molecule has 2 rings (SSSR count). The summed E-state index contributed by atoms with van der Waals surface area (Å²) in [6.45, 7) is 3.91. The number of hydrogen-bond acceptors (Lipinski definition) is 3. The van der Waals surface area contributed by atoms with Gasteiger partial charge in [0.05, 0.1) is 6.26 Å². The van der Waals surface area contributed by atoms with Gasteiger partial charge >= 0.3 is 0 Å². The molecule has 1 amide bonds. The lowest BCUT2D eigenvalue weighted by atomic mass is 10.1. The van der Waals surface area contributed by atoms with E-state index < -0.39 is 6.10 Å². The van der Waals surface area contributed by atoms with Crippen LogP contribution in [0.15, 0.2) is 53.2 Å². The number of aliphatic hydroxyl groups is 1. The molecule has 0 aliphatic carbocycles. The zero-order valence-corrected chi connectivity index (χ0v) is 13.5. The molecule has 0 radical (unpaired) electrons. The smallest absolute Gasteiger partial charge is 0.224 e. The number of aliphatic hydroxyl groups excluding tert-OH is 1. The number of hydrogen-bond donors (Lipinski definition) is 2. The maximum absolute atomic E-state index is 11.9. The van der Waals surface area contributed by atoms with Gasteiger partial charge in [-0.05, 0) is 31.5 Å². The summed E-state index contributed by atoms with van der Waals surface area (Å²) in [6, 6.07) is 11.4. The number of carbonyl (C=O) groups excluding carboxylic acids is 1. The molecule has 0 aliphatic heterocycles. The topological polar surface area (TPSA) is 62.5 Å². The van der Waals surface area contributed by atoms with Gasteiger partial charge in [0, 0.05) is 18.9 Å². The highest BCUT2D eigenvalue weighted by Crippen LogP contribution is 2.18. The first kappa shape index (κ1) is 17.0. The molecule has 0 saturated heterocycles. The van der Waals surface area contributed by atoms with Gasteiger partial charge in [0.15, 0.2) is 0 Å². The first-order valence-electron chi connectivity index (χ1n) is 7.78. The summed E-state index contributed by atoms with van der Waals surface area (Å²) in [5.74, 6) is 0.456. The van der Waals surface area contributed by atoms with Crippen LogP contribution in [0.5, 0.6) is 0 Å². The van der Waals surface area contributed by atoms with Crippen LogP contribution in [0, 0.1) is 6.92 Å². The van der Waals surface area contributed by atoms with Crippen molar-refractivity contribution in [2.24, 2.45) is 0 Å². The van der Waals surface area contributed by atoms with E-state index in [1.165, 1.54) is 11.8 Å². The number of amides is 1. The number of nitrogens with one attached hydrogen (secondary N) is 1. The predicted octanol–water partition coefficient (Wildman–Crippen LogP) is 3.62. The van der Waals surface area contributed by atoms with E-state index in [4.69, 9.17) is 4.42 Å². The summed E-state index contributed by atoms with van der Waals surface area (Å²) in [7, 11) is 0. The molecule has 0 saturated carbocycles. The number of furan rings is 1. The minimum absolute atomic E-state index is 0.0625. The van der Waals surface area contributed by atoms with Crippen molar-refractivity contribution >= 4 is 12.0 Å². The van der Waals surface area contributed by atoms with E-state index in [0.29, 0.717) is 18.6 Å². The van der Waals surface area contributed by atoms with Gasteiger partial charge in [-0.25, -0.2) is 0 Å². The Balaban J connectivity index is 1.74. The van der Waals surface area contributed by atoms with Gasteiger partial charge in [-0.3, -0.25) is 4.79 Å². The molecule has 2 atom stereocenters. The van der Waals surface area contributed by atoms with Crippen LogP contribution in [0.1, 0.15) is 42.8 Å². The molecule has 0 spiro atoms. The second-order valence-electron chi connectivity index (χ2n) is 5.75. The van der Waals surface area contributed by atoms with E-state index in [2.05, 4.69) is 5.32 Å². The van der Waals surface area contributed by atoms with Crippen molar-refractivity contribution in [2.45, 2.75) is 38.8 Å². The minimum atomic E-state index is -0.705. The van der Waals surface area contributed by atoms with Crippen molar-refractivity contribution in [3.63, 3.8) is 0 Å². The maximum Gasteiger partial charge on any atom is 0.224 e. The van der Waals surface area contributed by atoms with E-state index in [1.807, 2.05) is 50.3 Å². The van der Waals surface area contributed by atoms with E-state index >= 15 is 0 Å². The van der Waals surface area contributed by atoms with Crippen LogP contribution >= 0.6 is 0 Å². The van der Waals surface area contributed by atoms with E-state index in [-0.39, 0.29) is 11.9 Å². The average molecular weight is 313 g/mol. The van der Waals surface area contributed by atoms with Crippen molar-refractivity contribution in [1.29, 1.82) is 0 Å². The Kier molecular flexibility index (Phi) is 6.18. The van der Waals surface area contributed by atoms with Crippen molar-refractivity contribution < 1.29 is 14.3 Å². The fraction of sp³-hybridized carbons (Fsp3) is 0.316. The average Bonchev–Trinajstić information content (AvgIpc) is 3.03. The zero-order valence-electron chi connectivity index (χ0n) is 13.5. The quantitative estimate of drug-likeness (QED) is 0.820. The molecule has 0 fully saturated rings. The monoisotopic (exact) mass is 313 g/mol. The highest BCUT2D eigenvalue weighted by molar-refractivity contribution is 5.78. The normalized spacial score (nSPS) is 13.9. The highest BCUT2D eigenvalue weighted by Gasteiger charge is 2.15. The van der Waals surface area contributed by atoms with E-state index in [0.717, 1.165) is 5.56 Å². The van der Waals surface area contributed by atoms with Crippen LogP contribution in [0.2, 0.25) is 0 Å². The molecule has 23 heavy (non-hydrogen) atoms. The first-order chi connectivity index (χ1) is 11.0. The van der Waals surface area contributed by atoms with Gasteiger partial charge < -0.3 is 14.8 Å². The summed E-state index contributed by atoms with van der Waals surface area (Å²) >= 11 is 0. The fourth-order valence-corrected chi connectivity index (χ4v) is 2.30. The Hall–Kier alpha value is -2.33. The third kappa shape index (κ3) is 5.75. The molecular weight excluding hydrogens is 290 g/mol. The highest BCUT2D eigenvalue weighted by atomic mass is 16.4. The molecule has 2 unspecified atom stereocenters. The molecular formula is C19H23NO3. The number of aryl methyl sites for hydroxylation is 1.